The van der Waals surface area contributed by atoms with E-state index in [4.69, 9.17) is 5.11 Å². The molecule has 0 bridgehead atoms. The summed E-state index contributed by atoms with van der Waals surface area (Å²) in [6, 6.07) is 10.0. The number of benzene rings is 1. The van der Waals surface area contributed by atoms with E-state index in [2.05, 4.69) is 12.2 Å². The summed E-state index contributed by atoms with van der Waals surface area (Å²) in [6.45, 7) is 3.29. The molecule has 0 atom stereocenters. The predicted octanol–water partition coefficient (Wildman–Crippen LogP) is 2.07. The lowest BCUT2D eigenvalue weighted by Crippen LogP contribution is -2.14. The summed E-state index contributed by atoms with van der Waals surface area (Å²) in [5.41, 5.74) is 0.843. The average Bonchev–Trinajstić information content (AvgIpc) is 3.04. The van der Waals surface area contributed by atoms with Crippen molar-refractivity contribution in [3.8, 4) is 0 Å². The highest BCUT2D eigenvalue weighted by atomic mass is 16.4. The summed E-state index contributed by atoms with van der Waals surface area (Å²) in [5.74, 6) is -0.786. The van der Waals surface area contributed by atoms with Crippen LogP contribution in [0.5, 0.6) is 0 Å². The van der Waals surface area contributed by atoms with Crippen LogP contribution in [0.1, 0.15) is 25.3 Å². The first-order chi connectivity index (χ1) is 7.72. The van der Waals surface area contributed by atoms with Crippen LogP contribution < -0.4 is 5.32 Å². The normalized spacial score (nSPS) is 13.8. The van der Waals surface area contributed by atoms with Crippen LogP contribution >= 0.6 is 0 Å². The third kappa shape index (κ3) is 6.19. The third-order valence-corrected chi connectivity index (χ3v) is 2.27. The van der Waals surface area contributed by atoms with Crippen molar-refractivity contribution in [3.63, 3.8) is 0 Å². The number of aliphatic carboxylic acids is 1. The Morgan fingerprint density at radius 2 is 2.00 bits per heavy atom. The van der Waals surface area contributed by atoms with E-state index in [0.717, 1.165) is 18.2 Å². The fourth-order valence-electron chi connectivity index (χ4n) is 1.35. The molecule has 0 unspecified atom stereocenters. The summed E-state index contributed by atoms with van der Waals surface area (Å²) in [7, 11) is 0. The highest BCUT2D eigenvalue weighted by Crippen LogP contribution is 2.17. The van der Waals surface area contributed by atoms with Gasteiger partial charge >= 0.3 is 5.97 Å². The molecule has 0 aromatic heterocycles. The molecule has 1 aliphatic carbocycles. The van der Waals surface area contributed by atoms with Crippen molar-refractivity contribution in [2.24, 2.45) is 0 Å². The topological polar surface area (TPSA) is 49.3 Å². The first-order valence-corrected chi connectivity index (χ1v) is 5.71. The lowest BCUT2D eigenvalue weighted by molar-refractivity contribution is -0.136. The molecule has 1 aliphatic rings. The van der Waals surface area contributed by atoms with Gasteiger partial charge in [-0.2, -0.15) is 0 Å². The first-order valence-electron chi connectivity index (χ1n) is 5.71. The van der Waals surface area contributed by atoms with Gasteiger partial charge in [0.25, 0.3) is 0 Å². The Hall–Kier alpha value is -1.35. The quantitative estimate of drug-likeness (QED) is 0.818. The number of nitrogens with one attached hydrogen (secondary N) is 1. The van der Waals surface area contributed by atoms with Gasteiger partial charge in [-0.05, 0) is 24.9 Å². The molecule has 0 amide bonds. The number of rotatable bonds is 4. The zero-order valence-corrected chi connectivity index (χ0v) is 9.65. The van der Waals surface area contributed by atoms with Crippen LogP contribution in [0.3, 0.4) is 0 Å². The van der Waals surface area contributed by atoms with E-state index in [1.165, 1.54) is 12.8 Å². The highest BCUT2D eigenvalue weighted by Gasteiger charge is 2.18. The summed E-state index contributed by atoms with van der Waals surface area (Å²) in [5, 5.41) is 11.7. The zero-order valence-electron chi connectivity index (χ0n) is 9.65. The van der Waals surface area contributed by atoms with E-state index in [0.29, 0.717) is 0 Å². The van der Waals surface area contributed by atoms with Gasteiger partial charge in [-0.15, -0.1) is 0 Å². The minimum absolute atomic E-state index is 0.112. The molecule has 0 heterocycles. The van der Waals surface area contributed by atoms with E-state index in [1.54, 1.807) is 12.1 Å². The minimum atomic E-state index is -0.786. The van der Waals surface area contributed by atoms with E-state index in [9.17, 15) is 4.79 Å². The van der Waals surface area contributed by atoms with Gasteiger partial charge in [0.15, 0.2) is 0 Å². The molecule has 1 saturated carbocycles. The van der Waals surface area contributed by atoms with Gasteiger partial charge in [-0.3, -0.25) is 4.79 Å². The second-order valence-electron chi connectivity index (χ2n) is 3.89. The fourth-order valence-corrected chi connectivity index (χ4v) is 1.35. The molecule has 2 N–H and O–H groups in total. The van der Waals surface area contributed by atoms with Crippen molar-refractivity contribution in [1.29, 1.82) is 0 Å². The lowest BCUT2D eigenvalue weighted by Gasteiger charge is -1.92. The van der Waals surface area contributed by atoms with Crippen LogP contribution in [0.15, 0.2) is 30.3 Å². The van der Waals surface area contributed by atoms with Crippen molar-refractivity contribution >= 4 is 5.97 Å². The molecule has 16 heavy (non-hydrogen) atoms. The Balaban J connectivity index is 0.000000181. The highest BCUT2D eigenvalue weighted by molar-refractivity contribution is 5.70. The van der Waals surface area contributed by atoms with Crippen molar-refractivity contribution in [2.45, 2.75) is 32.2 Å². The second-order valence-corrected chi connectivity index (χ2v) is 3.89. The monoisotopic (exact) mass is 221 g/mol. The fraction of sp³-hybridized carbons (Fsp3) is 0.462. The average molecular weight is 221 g/mol. The molecular weight excluding hydrogens is 202 g/mol. The van der Waals surface area contributed by atoms with E-state index in [-0.39, 0.29) is 6.42 Å². The largest absolute Gasteiger partial charge is 0.481 e. The maximum Gasteiger partial charge on any atom is 0.307 e. The van der Waals surface area contributed by atoms with Gasteiger partial charge in [0.1, 0.15) is 0 Å². The molecule has 2 rings (SSSR count). The summed E-state index contributed by atoms with van der Waals surface area (Å²) in [6.07, 6.45) is 2.93. The number of carbonyl (C=O) groups is 1. The minimum Gasteiger partial charge on any atom is -0.481 e. The van der Waals surface area contributed by atoms with Gasteiger partial charge in [-0.1, -0.05) is 37.3 Å². The molecular formula is C13H19NO2. The predicted molar refractivity (Wildman–Crippen MR) is 64.5 cm³/mol. The molecule has 1 aromatic rings. The van der Waals surface area contributed by atoms with E-state index < -0.39 is 5.97 Å². The van der Waals surface area contributed by atoms with Crippen LogP contribution in [0, 0.1) is 0 Å². The van der Waals surface area contributed by atoms with E-state index in [1.807, 2.05) is 18.2 Å². The molecule has 0 aliphatic heterocycles. The second kappa shape index (κ2) is 7.01. The van der Waals surface area contributed by atoms with E-state index >= 15 is 0 Å². The van der Waals surface area contributed by atoms with Crippen LogP contribution in [0.2, 0.25) is 0 Å². The maximum atomic E-state index is 10.2. The Labute approximate surface area is 96.5 Å². The number of carboxylic acid groups (broad SMARTS) is 1. The van der Waals surface area contributed by atoms with Gasteiger partial charge in [0, 0.05) is 6.04 Å². The Bertz CT molecular complexity index is 307. The Kier molecular flexibility index (Phi) is 5.57. The molecule has 3 nitrogen and oxygen atoms in total. The van der Waals surface area contributed by atoms with Crippen LogP contribution in [-0.2, 0) is 11.2 Å². The summed E-state index contributed by atoms with van der Waals surface area (Å²) < 4.78 is 0. The van der Waals surface area contributed by atoms with Gasteiger partial charge < -0.3 is 10.4 Å². The third-order valence-electron chi connectivity index (χ3n) is 2.27. The zero-order chi connectivity index (χ0) is 11.8. The molecule has 88 valence electrons. The molecule has 0 saturated heterocycles. The smallest absolute Gasteiger partial charge is 0.307 e. The lowest BCUT2D eigenvalue weighted by atomic mass is 10.2. The van der Waals surface area contributed by atoms with Crippen molar-refractivity contribution in [3.05, 3.63) is 35.9 Å². The summed E-state index contributed by atoms with van der Waals surface area (Å²) >= 11 is 0. The van der Waals surface area contributed by atoms with Crippen molar-refractivity contribution in [2.75, 3.05) is 6.54 Å². The summed E-state index contributed by atoms with van der Waals surface area (Å²) in [4.78, 5) is 10.2. The number of hydrogen-bond donors (Lipinski definition) is 2. The van der Waals surface area contributed by atoms with Gasteiger partial charge in [0.05, 0.1) is 6.42 Å². The van der Waals surface area contributed by atoms with Crippen LogP contribution in [0.25, 0.3) is 0 Å². The Morgan fingerprint density at radius 3 is 2.38 bits per heavy atom. The maximum absolute atomic E-state index is 10.2. The molecule has 0 radical (unpaired) electrons. The molecule has 1 aromatic carbocycles. The van der Waals surface area contributed by atoms with Crippen molar-refractivity contribution < 1.29 is 9.90 Å². The van der Waals surface area contributed by atoms with Gasteiger partial charge in [-0.25, -0.2) is 0 Å². The molecule has 0 spiro atoms. The van der Waals surface area contributed by atoms with Crippen LogP contribution in [0.4, 0.5) is 0 Å². The molecule has 1 fully saturated rings. The SMILES string of the molecule is CCNC1CC1.O=C(O)Cc1ccccc1. The van der Waals surface area contributed by atoms with Crippen LogP contribution in [-0.4, -0.2) is 23.7 Å². The number of carboxylic acids is 1. The van der Waals surface area contributed by atoms with Crippen molar-refractivity contribution in [1.82, 2.24) is 5.32 Å². The standard InChI is InChI=1S/C8H8O2.C5H11N/c9-8(10)6-7-4-2-1-3-5-7;1-2-6-5-3-4-5/h1-5H,6H2,(H,9,10);5-6H,2-4H2,1H3. The first kappa shape index (κ1) is 12.7. The number of hydrogen-bond acceptors (Lipinski definition) is 2. The molecule has 3 heteroatoms. The van der Waals surface area contributed by atoms with Gasteiger partial charge in [0.2, 0.25) is 0 Å². The Morgan fingerprint density at radius 1 is 1.38 bits per heavy atom.